The Labute approximate surface area is 96.3 Å². The summed E-state index contributed by atoms with van der Waals surface area (Å²) in [6, 6.07) is 0. The van der Waals surface area contributed by atoms with Crippen LogP contribution in [0.15, 0.2) is 12.2 Å². The lowest BCUT2D eigenvalue weighted by Gasteiger charge is -2.15. The van der Waals surface area contributed by atoms with Gasteiger partial charge in [0.25, 0.3) is 0 Å². The van der Waals surface area contributed by atoms with Gasteiger partial charge in [-0.15, -0.1) is 0 Å². The number of rotatable bonds is 7. The summed E-state index contributed by atoms with van der Waals surface area (Å²) in [6.45, 7) is 8.39. The first-order valence-electron chi connectivity index (χ1n) is 4.92. The Hall–Kier alpha value is -0.640. The van der Waals surface area contributed by atoms with Crippen molar-refractivity contribution in [2.45, 2.75) is 26.4 Å². The van der Waals surface area contributed by atoms with Gasteiger partial charge in [0.2, 0.25) is 0 Å². The van der Waals surface area contributed by atoms with Gasteiger partial charge in [-0.2, -0.15) is 0 Å². The van der Waals surface area contributed by atoms with Gasteiger partial charge in [-0.3, -0.25) is 4.57 Å². The molecule has 0 fully saturated rings. The van der Waals surface area contributed by atoms with Crippen LogP contribution in [0.4, 0.5) is 0 Å². The summed E-state index contributed by atoms with van der Waals surface area (Å²) in [4.78, 5) is 11.1. The molecule has 6 heteroatoms. The Morgan fingerprint density at radius 1 is 1.50 bits per heavy atom. The Morgan fingerprint density at radius 3 is 2.50 bits per heavy atom. The number of carbonyl (C=O) groups is 1. The van der Waals surface area contributed by atoms with Crippen molar-refractivity contribution in [3.05, 3.63) is 12.2 Å². The Bertz CT molecular complexity index is 300. The smallest absolute Gasteiger partial charge is 0.333 e. The molecule has 0 radical (unpaired) electrons. The molecule has 0 spiro atoms. The Morgan fingerprint density at radius 2 is 2.06 bits per heavy atom. The molecule has 0 aliphatic carbocycles. The largest absolute Gasteiger partial charge is 0.459 e. The molecule has 0 rings (SSSR count). The van der Waals surface area contributed by atoms with Gasteiger partial charge in [0, 0.05) is 25.8 Å². The maximum absolute atomic E-state index is 11.3. The van der Waals surface area contributed by atoms with Crippen LogP contribution in [0, 0.1) is 0 Å². The van der Waals surface area contributed by atoms with Crippen molar-refractivity contribution in [1.82, 2.24) is 0 Å². The van der Waals surface area contributed by atoms with E-state index in [0.717, 1.165) is 0 Å². The van der Waals surface area contributed by atoms with Crippen LogP contribution in [0.5, 0.6) is 0 Å². The molecule has 0 N–H and O–H groups in total. The van der Waals surface area contributed by atoms with Gasteiger partial charge >= 0.3 is 13.6 Å². The quantitative estimate of drug-likeness (QED) is 0.394. The highest BCUT2D eigenvalue weighted by Crippen LogP contribution is 2.42. The zero-order valence-corrected chi connectivity index (χ0v) is 11.1. The second kappa shape index (κ2) is 6.84. The average molecular weight is 250 g/mol. The molecule has 0 amide bonds. The third-order valence-electron chi connectivity index (χ3n) is 1.84. The molecular formula is C10H19O5P. The molecule has 0 aromatic heterocycles. The number of carbonyl (C=O) groups excluding carboxylic acids is 1. The van der Waals surface area contributed by atoms with E-state index in [1.807, 2.05) is 0 Å². The van der Waals surface area contributed by atoms with Crippen molar-refractivity contribution in [1.29, 1.82) is 0 Å². The van der Waals surface area contributed by atoms with Crippen LogP contribution >= 0.6 is 7.60 Å². The van der Waals surface area contributed by atoms with Crippen molar-refractivity contribution >= 4 is 13.6 Å². The van der Waals surface area contributed by atoms with Crippen LogP contribution in [-0.2, 0) is 23.1 Å². The molecule has 16 heavy (non-hydrogen) atoms. The van der Waals surface area contributed by atoms with Crippen LogP contribution in [0.2, 0.25) is 0 Å². The van der Waals surface area contributed by atoms with Crippen LogP contribution < -0.4 is 0 Å². The van der Waals surface area contributed by atoms with Crippen molar-refractivity contribution in [2.24, 2.45) is 0 Å². The van der Waals surface area contributed by atoms with E-state index in [4.69, 9.17) is 9.26 Å². The van der Waals surface area contributed by atoms with Gasteiger partial charge in [0.1, 0.15) is 6.10 Å². The van der Waals surface area contributed by atoms with Gasteiger partial charge in [-0.25, -0.2) is 4.79 Å². The molecule has 0 aromatic carbocycles. The first-order chi connectivity index (χ1) is 7.28. The highest BCUT2D eigenvalue weighted by Gasteiger charge is 2.16. The molecular weight excluding hydrogens is 231 g/mol. The van der Waals surface area contributed by atoms with E-state index >= 15 is 0 Å². The minimum absolute atomic E-state index is 0.215. The third kappa shape index (κ3) is 6.77. The average Bonchev–Trinajstić information content (AvgIpc) is 2.17. The summed E-state index contributed by atoms with van der Waals surface area (Å²) in [5.41, 5.74) is 0.353. The van der Waals surface area contributed by atoms with Gasteiger partial charge in [-0.05, 0) is 13.8 Å². The fourth-order valence-corrected chi connectivity index (χ4v) is 1.32. The SMILES string of the molecule is C=C(C)C(=O)OC(C)CCOP(C)(=O)OC. The zero-order chi connectivity index (χ0) is 12.8. The van der Waals surface area contributed by atoms with E-state index in [0.29, 0.717) is 12.0 Å². The molecule has 0 saturated carbocycles. The van der Waals surface area contributed by atoms with Crippen molar-refractivity contribution < 1.29 is 23.1 Å². The van der Waals surface area contributed by atoms with Gasteiger partial charge in [-0.1, -0.05) is 6.58 Å². The number of ether oxygens (including phenoxy) is 1. The van der Waals surface area contributed by atoms with Crippen LogP contribution in [0.25, 0.3) is 0 Å². The normalized spacial score (nSPS) is 16.2. The lowest BCUT2D eigenvalue weighted by molar-refractivity contribution is -0.143. The van der Waals surface area contributed by atoms with E-state index in [1.165, 1.54) is 13.8 Å². The predicted octanol–water partition coefficient (Wildman–Crippen LogP) is 2.37. The van der Waals surface area contributed by atoms with Crippen molar-refractivity contribution in [3.8, 4) is 0 Å². The second-order valence-electron chi connectivity index (χ2n) is 3.57. The summed E-state index contributed by atoms with van der Waals surface area (Å²) in [5, 5.41) is 0. The van der Waals surface area contributed by atoms with E-state index in [9.17, 15) is 9.36 Å². The molecule has 5 nitrogen and oxygen atoms in total. The lowest BCUT2D eigenvalue weighted by Crippen LogP contribution is -2.17. The van der Waals surface area contributed by atoms with Crippen molar-refractivity contribution in [2.75, 3.05) is 20.4 Å². The summed E-state index contributed by atoms with van der Waals surface area (Å²) >= 11 is 0. The minimum Gasteiger partial charge on any atom is -0.459 e. The minimum atomic E-state index is -2.94. The molecule has 94 valence electrons. The first-order valence-corrected chi connectivity index (χ1v) is 6.91. The van der Waals surface area contributed by atoms with Crippen LogP contribution in [0.1, 0.15) is 20.3 Å². The monoisotopic (exact) mass is 250 g/mol. The summed E-state index contributed by atoms with van der Waals surface area (Å²) in [7, 11) is -1.62. The lowest BCUT2D eigenvalue weighted by atomic mass is 10.3. The highest BCUT2D eigenvalue weighted by atomic mass is 31.2. The van der Waals surface area contributed by atoms with Gasteiger partial charge < -0.3 is 13.8 Å². The summed E-state index contributed by atoms with van der Waals surface area (Å²) < 4.78 is 26.0. The van der Waals surface area contributed by atoms with E-state index < -0.39 is 13.6 Å². The molecule has 0 heterocycles. The van der Waals surface area contributed by atoms with Gasteiger partial charge in [0.05, 0.1) is 6.61 Å². The predicted molar refractivity (Wildman–Crippen MR) is 61.5 cm³/mol. The van der Waals surface area contributed by atoms with E-state index in [2.05, 4.69) is 11.1 Å². The molecule has 2 unspecified atom stereocenters. The topological polar surface area (TPSA) is 61.8 Å². The van der Waals surface area contributed by atoms with Gasteiger partial charge in [0.15, 0.2) is 0 Å². The second-order valence-corrected chi connectivity index (χ2v) is 5.74. The Balaban J connectivity index is 3.83. The third-order valence-corrected chi connectivity index (χ3v) is 3.15. The highest BCUT2D eigenvalue weighted by molar-refractivity contribution is 7.52. The fourth-order valence-electron chi connectivity index (χ4n) is 0.779. The maximum Gasteiger partial charge on any atom is 0.333 e. The Kier molecular flexibility index (Phi) is 6.56. The zero-order valence-electron chi connectivity index (χ0n) is 10.2. The summed E-state index contributed by atoms with van der Waals surface area (Å²) in [6.07, 6.45) is 0.154. The van der Waals surface area contributed by atoms with E-state index in [1.54, 1.807) is 13.8 Å². The van der Waals surface area contributed by atoms with Crippen LogP contribution in [0.3, 0.4) is 0 Å². The molecule has 0 aliphatic rings. The molecule has 0 aromatic rings. The number of esters is 1. The van der Waals surface area contributed by atoms with E-state index in [-0.39, 0.29) is 12.7 Å². The standard InChI is InChI=1S/C10H19O5P/c1-8(2)10(11)15-9(3)6-7-14-16(5,12)13-4/h9H,1,6-7H2,2-5H3. The van der Waals surface area contributed by atoms with Crippen molar-refractivity contribution in [3.63, 3.8) is 0 Å². The molecule has 2 atom stereocenters. The first kappa shape index (κ1) is 15.4. The molecule has 0 bridgehead atoms. The number of hydrogen-bond acceptors (Lipinski definition) is 5. The van der Waals surface area contributed by atoms with Crippen LogP contribution in [-0.4, -0.2) is 32.5 Å². The maximum atomic E-state index is 11.3. The fraction of sp³-hybridized carbons (Fsp3) is 0.700. The summed E-state index contributed by atoms with van der Waals surface area (Å²) in [5.74, 6) is -0.432. The number of hydrogen-bond donors (Lipinski definition) is 0. The molecule has 0 saturated heterocycles. The molecule has 0 aliphatic heterocycles.